The summed E-state index contributed by atoms with van der Waals surface area (Å²) in [6.07, 6.45) is 3.22. The van der Waals surface area contributed by atoms with Gasteiger partial charge in [0.05, 0.1) is 28.2 Å². The molecule has 0 aliphatic carbocycles. The Morgan fingerprint density at radius 3 is 1.97 bits per heavy atom. The molecule has 182 valence electrons. The molecule has 2 aromatic carbocycles. The summed E-state index contributed by atoms with van der Waals surface area (Å²) in [5.74, 6) is 0. The molecular formula is C24H35N3O5S. The number of benzene rings is 2. The standard InChI is InChI=1S/C24H35N3O5S/c1-4-6-16-25(17-7-5-2)18-23(28)19-26(21-10-8-20(3)9-11-21)33(31,32)24-14-12-22(13-15-24)27(29)30/h8-15,23,28H,4-7,16-19H2,1-3H3/t23-/m1/s1. The van der Waals surface area contributed by atoms with Gasteiger partial charge in [0.2, 0.25) is 0 Å². The minimum Gasteiger partial charge on any atom is -0.390 e. The molecule has 9 heteroatoms. The number of nitro benzene ring substituents is 1. The fraction of sp³-hybridized carbons (Fsp3) is 0.500. The number of nitrogens with zero attached hydrogens (tertiary/aromatic N) is 3. The van der Waals surface area contributed by atoms with E-state index in [1.807, 2.05) is 19.1 Å². The van der Waals surface area contributed by atoms with Gasteiger partial charge in [0.1, 0.15) is 0 Å². The lowest BCUT2D eigenvalue weighted by atomic mass is 10.2. The van der Waals surface area contributed by atoms with Crippen molar-refractivity contribution in [3.63, 3.8) is 0 Å². The summed E-state index contributed by atoms with van der Waals surface area (Å²) >= 11 is 0. The SMILES string of the molecule is CCCCN(CCCC)C[C@@H](O)CN(c1ccc(C)cc1)S(=O)(=O)c1ccc([N+](=O)[O-])cc1. The molecule has 1 N–H and O–H groups in total. The van der Waals surface area contributed by atoms with Crippen LogP contribution in [0.2, 0.25) is 0 Å². The molecule has 0 saturated heterocycles. The van der Waals surface area contributed by atoms with Crippen LogP contribution in [0, 0.1) is 17.0 Å². The quantitative estimate of drug-likeness (QED) is 0.320. The lowest BCUT2D eigenvalue weighted by Gasteiger charge is -2.30. The first-order valence-corrected chi connectivity index (χ1v) is 12.9. The largest absolute Gasteiger partial charge is 0.390 e. The highest BCUT2D eigenvalue weighted by atomic mass is 32.2. The maximum Gasteiger partial charge on any atom is 0.269 e. The van der Waals surface area contributed by atoms with Crippen molar-refractivity contribution < 1.29 is 18.4 Å². The van der Waals surface area contributed by atoms with E-state index in [1.165, 1.54) is 28.6 Å². The molecule has 0 saturated carbocycles. The van der Waals surface area contributed by atoms with Crippen LogP contribution in [0.15, 0.2) is 53.4 Å². The van der Waals surface area contributed by atoms with Crippen molar-refractivity contribution in [3.05, 3.63) is 64.2 Å². The molecule has 2 aromatic rings. The number of anilines is 1. The highest BCUT2D eigenvalue weighted by molar-refractivity contribution is 7.92. The zero-order valence-electron chi connectivity index (χ0n) is 19.7. The molecule has 2 rings (SSSR count). The summed E-state index contributed by atoms with van der Waals surface area (Å²) in [6, 6.07) is 11.9. The van der Waals surface area contributed by atoms with E-state index in [0.717, 1.165) is 44.3 Å². The lowest BCUT2D eigenvalue weighted by molar-refractivity contribution is -0.384. The number of hydrogen-bond acceptors (Lipinski definition) is 6. The summed E-state index contributed by atoms with van der Waals surface area (Å²) in [4.78, 5) is 12.5. The number of nitro groups is 1. The van der Waals surface area contributed by atoms with Gasteiger partial charge in [-0.05, 0) is 57.1 Å². The first-order chi connectivity index (χ1) is 15.7. The Morgan fingerprint density at radius 1 is 0.939 bits per heavy atom. The molecule has 0 aromatic heterocycles. The Labute approximate surface area is 197 Å². The number of aliphatic hydroxyl groups excluding tert-OH is 1. The number of rotatable bonds is 14. The van der Waals surface area contributed by atoms with E-state index in [9.17, 15) is 23.6 Å². The third-order valence-corrected chi connectivity index (χ3v) is 7.27. The predicted molar refractivity (Wildman–Crippen MR) is 131 cm³/mol. The first-order valence-electron chi connectivity index (χ1n) is 11.4. The molecule has 0 aliphatic heterocycles. The molecule has 1 atom stereocenters. The van der Waals surface area contributed by atoms with Gasteiger partial charge in [-0.25, -0.2) is 8.42 Å². The Morgan fingerprint density at radius 2 is 1.48 bits per heavy atom. The molecule has 0 aliphatic rings. The Bertz CT molecular complexity index is 970. The van der Waals surface area contributed by atoms with Gasteiger partial charge in [-0.2, -0.15) is 0 Å². The number of aliphatic hydroxyl groups is 1. The zero-order chi connectivity index (χ0) is 24.4. The summed E-state index contributed by atoms with van der Waals surface area (Å²) in [5.41, 5.74) is 1.24. The molecule has 0 radical (unpaired) electrons. The van der Waals surface area contributed by atoms with Crippen LogP contribution in [0.1, 0.15) is 45.1 Å². The van der Waals surface area contributed by atoms with Crippen LogP contribution in [0.4, 0.5) is 11.4 Å². The number of sulfonamides is 1. The zero-order valence-corrected chi connectivity index (χ0v) is 20.5. The number of unbranched alkanes of at least 4 members (excludes halogenated alkanes) is 2. The van der Waals surface area contributed by atoms with Gasteiger partial charge in [-0.3, -0.25) is 14.4 Å². The topological polar surface area (TPSA) is 104 Å². The Kier molecular flexibility index (Phi) is 10.3. The second-order valence-corrected chi connectivity index (χ2v) is 10.1. The maximum atomic E-state index is 13.5. The summed E-state index contributed by atoms with van der Waals surface area (Å²) in [5, 5.41) is 21.8. The molecule has 0 amide bonds. The van der Waals surface area contributed by atoms with E-state index < -0.39 is 21.1 Å². The normalized spacial score (nSPS) is 12.6. The first kappa shape index (κ1) is 26.8. The number of non-ortho nitro benzene ring substituents is 1. The van der Waals surface area contributed by atoms with E-state index in [-0.39, 0.29) is 17.1 Å². The Hall–Kier alpha value is -2.49. The second kappa shape index (κ2) is 12.7. The Balaban J connectivity index is 2.31. The fourth-order valence-corrected chi connectivity index (χ4v) is 5.03. The van der Waals surface area contributed by atoms with Gasteiger partial charge in [-0.15, -0.1) is 0 Å². The van der Waals surface area contributed by atoms with Gasteiger partial charge in [0.25, 0.3) is 15.7 Å². The third-order valence-electron chi connectivity index (χ3n) is 5.46. The fourth-order valence-electron chi connectivity index (χ4n) is 3.53. The van der Waals surface area contributed by atoms with Crippen molar-refractivity contribution in [1.29, 1.82) is 0 Å². The lowest BCUT2D eigenvalue weighted by Crippen LogP contribution is -2.43. The van der Waals surface area contributed by atoms with Crippen molar-refractivity contribution in [2.75, 3.05) is 30.5 Å². The molecule has 33 heavy (non-hydrogen) atoms. The van der Waals surface area contributed by atoms with Gasteiger partial charge in [-0.1, -0.05) is 44.4 Å². The van der Waals surface area contributed by atoms with Gasteiger partial charge < -0.3 is 10.0 Å². The van der Waals surface area contributed by atoms with Crippen molar-refractivity contribution in [2.24, 2.45) is 0 Å². The molecule has 0 spiro atoms. The van der Waals surface area contributed by atoms with Crippen molar-refractivity contribution in [2.45, 2.75) is 57.5 Å². The monoisotopic (exact) mass is 477 g/mol. The van der Waals surface area contributed by atoms with E-state index in [4.69, 9.17) is 0 Å². The van der Waals surface area contributed by atoms with Gasteiger partial charge in [0.15, 0.2) is 0 Å². The van der Waals surface area contributed by atoms with Crippen molar-refractivity contribution in [3.8, 4) is 0 Å². The van der Waals surface area contributed by atoms with Crippen LogP contribution in [-0.4, -0.2) is 55.6 Å². The third kappa shape index (κ3) is 7.80. The number of hydrogen-bond donors (Lipinski definition) is 1. The van der Waals surface area contributed by atoms with Crippen LogP contribution in [-0.2, 0) is 10.0 Å². The van der Waals surface area contributed by atoms with E-state index in [2.05, 4.69) is 18.7 Å². The highest BCUT2D eigenvalue weighted by Crippen LogP contribution is 2.26. The summed E-state index contributed by atoms with van der Waals surface area (Å²) in [7, 11) is -4.04. The van der Waals surface area contributed by atoms with Crippen LogP contribution in [0.3, 0.4) is 0 Å². The maximum absolute atomic E-state index is 13.5. The molecule has 0 fully saturated rings. The second-order valence-electron chi connectivity index (χ2n) is 8.28. The molecule has 0 bridgehead atoms. The minimum absolute atomic E-state index is 0.0605. The highest BCUT2D eigenvalue weighted by Gasteiger charge is 2.28. The molecule has 0 unspecified atom stereocenters. The van der Waals surface area contributed by atoms with Gasteiger partial charge in [0, 0.05) is 18.7 Å². The van der Waals surface area contributed by atoms with Crippen molar-refractivity contribution in [1.82, 2.24) is 4.90 Å². The van der Waals surface area contributed by atoms with Crippen LogP contribution in [0.25, 0.3) is 0 Å². The van der Waals surface area contributed by atoms with Crippen LogP contribution >= 0.6 is 0 Å². The summed E-state index contributed by atoms with van der Waals surface area (Å²) < 4.78 is 28.2. The van der Waals surface area contributed by atoms with E-state index >= 15 is 0 Å². The summed E-state index contributed by atoms with van der Waals surface area (Å²) in [6.45, 7) is 8.11. The predicted octanol–water partition coefficient (Wildman–Crippen LogP) is 4.36. The average molecular weight is 478 g/mol. The smallest absolute Gasteiger partial charge is 0.269 e. The molecular weight excluding hydrogens is 442 g/mol. The van der Waals surface area contributed by atoms with Crippen LogP contribution in [0.5, 0.6) is 0 Å². The number of aryl methyl sites for hydroxylation is 1. The van der Waals surface area contributed by atoms with E-state index in [0.29, 0.717) is 12.2 Å². The van der Waals surface area contributed by atoms with Gasteiger partial charge >= 0.3 is 0 Å². The van der Waals surface area contributed by atoms with Crippen LogP contribution < -0.4 is 4.31 Å². The van der Waals surface area contributed by atoms with E-state index in [1.54, 1.807) is 12.1 Å². The van der Waals surface area contributed by atoms with Crippen molar-refractivity contribution >= 4 is 21.4 Å². The molecule has 0 heterocycles. The molecule has 8 nitrogen and oxygen atoms in total. The minimum atomic E-state index is -4.04. The average Bonchev–Trinajstić information content (AvgIpc) is 2.80.